The normalized spacial score (nSPS) is 7.40. The van der Waals surface area contributed by atoms with E-state index in [0.29, 0.717) is 0 Å². The molecule has 0 atom stereocenters. The van der Waals surface area contributed by atoms with Crippen molar-refractivity contribution in [3.63, 3.8) is 0 Å². The third kappa shape index (κ3) is 9.90. The van der Waals surface area contributed by atoms with E-state index in [1.807, 2.05) is 101 Å². The molecule has 0 unspecified atom stereocenters. The number of hydrogen-bond donors (Lipinski definition) is 0. The maximum absolute atomic E-state index is 3.69. The van der Waals surface area contributed by atoms with Gasteiger partial charge in [-0.15, -0.1) is 0 Å². The van der Waals surface area contributed by atoms with Gasteiger partial charge in [-0.05, 0) is 11.1 Å². The van der Waals surface area contributed by atoms with Gasteiger partial charge in [0, 0.05) is 0 Å². The van der Waals surface area contributed by atoms with Crippen LogP contribution in [0.25, 0.3) is 12.2 Å². The van der Waals surface area contributed by atoms with E-state index in [4.69, 9.17) is 0 Å². The quantitative estimate of drug-likeness (QED) is 0.567. The van der Waals surface area contributed by atoms with Crippen molar-refractivity contribution in [1.82, 2.24) is 0 Å². The van der Waals surface area contributed by atoms with Gasteiger partial charge < -0.3 is 0 Å². The van der Waals surface area contributed by atoms with E-state index in [1.54, 1.807) is 0 Å². The van der Waals surface area contributed by atoms with Gasteiger partial charge in [-0.2, -0.15) is 0 Å². The smallest absolute Gasteiger partial charge is 0.0190 e. The third-order valence-corrected chi connectivity index (χ3v) is 2.10. The molecule has 0 N–H and O–H groups in total. The predicted molar refractivity (Wildman–Crippen MR) is 95.8 cm³/mol. The fourth-order valence-corrected chi connectivity index (χ4v) is 1.27. The van der Waals surface area contributed by atoms with Gasteiger partial charge >= 0.3 is 0 Å². The molecule has 108 valence electrons. The molecule has 0 saturated carbocycles. The fourth-order valence-electron chi connectivity index (χ4n) is 1.27. The molecule has 0 aromatic heterocycles. The van der Waals surface area contributed by atoms with Crippen LogP contribution in [0.3, 0.4) is 0 Å². The van der Waals surface area contributed by atoms with Crippen LogP contribution in [0.4, 0.5) is 0 Å². The lowest BCUT2D eigenvalue weighted by Gasteiger charge is -1.96. The Morgan fingerprint density at radius 3 is 1.00 bits per heavy atom. The molecule has 2 aromatic carbocycles. The van der Waals surface area contributed by atoms with Gasteiger partial charge in [0.15, 0.2) is 0 Å². The van der Waals surface area contributed by atoms with E-state index in [0.717, 1.165) is 11.1 Å². The van der Waals surface area contributed by atoms with Crippen molar-refractivity contribution in [3.05, 3.63) is 84.9 Å². The first kappa shape index (κ1) is 20.2. The summed E-state index contributed by atoms with van der Waals surface area (Å²) < 4.78 is 0. The van der Waals surface area contributed by atoms with Gasteiger partial charge in [-0.25, -0.2) is 0 Å². The molecular weight excluding hydrogens is 240 g/mol. The summed E-state index contributed by atoms with van der Waals surface area (Å²) in [5.41, 5.74) is 2.27. The lowest BCUT2D eigenvalue weighted by molar-refractivity contribution is 1.50. The van der Waals surface area contributed by atoms with Gasteiger partial charge in [0.05, 0.1) is 0 Å². The highest BCUT2D eigenvalue weighted by Gasteiger charge is 1.89. The van der Waals surface area contributed by atoms with E-state index < -0.39 is 0 Å². The molecule has 0 saturated heterocycles. The minimum Gasteiger partial charge on any atom is -0.0984 e. The van der Waals surface area contributed by atoms with Gasteiger partial charge in [-0.1, -0.05) is 114 Å². The Morgan fingerprint density at radius 1 is 0.550 bits per heavy atom. The van der Waals surface area contributed by atoms with Crippen LogP contribution in [0.1, 0.15) is 38.8 Å². The second-order valence-corrected chi connectivity index (χ2v) is 3.19. The summed E-state index contributed by atoms with van der Waals surface area (Å²) in [5.74, 6) is 0. The Morgan fingerprint density at radius 2 is 0.800 bits per heavy atom. The molecule has 0 heteroatoms. The highest BCUT2D eigenvalue weighted by molar-refractivity contribution is 5.63. The van der Waals surface area contributed by atoms with Crippen molar-refractivity contribution >= 4 is 12.2 Å². The molecule has 0 bridgehead atoms. The van der Waals surface area contributed by atoms with Gasteiger partial charge in [0.1, 0.15) is 0 Å². The SMILES string of the molecule is C=Cc1ccccc1C=C.CC.CC.c1ccccc1. The van der Waals surface area contributed by atoms with Gasteiger partial charge in [0.2, 0.25) is 0 Å². The van der Waals surface area contributed by atoms with Crippen LogP contribution in [0.5, 0.6) is 0 Å². The molecule has 2 rings (SSSR count). The van der Waals surface area contributed by atoms with Crippen LogP contribution in [0, 0.1) is 0 Å². The van der Waals surface area contributed by atoms with E-state index in [-0.39, 0.29) is 0 Å². The maximum atomic E-state index is 3.69. The Kier molecular flexibility index (Phi) is 17.1. The summed E-state index contributed by atoms with van der Waals surface area (Å²) in [6.07, 6.45) is 3.66. The number of hydrogen-bond acceptors (Lipinski definition) is 0. The van der Waals surface area contributed by atoms with Gasteiger partial charge in [0.25, 0.3) is 0 Å². The van der Waals surface area contributed by atoms with Crippen molar-refractivity contribution in [2.45, 2.75) is 27.7 Å². The first-order valence-electron chi connectivity index (χ1n) is 7.22. The highest BCUT2D eigenvalue weighted by Crippen LogP contribution is 2.10. The lowest BCUT2D eigenvalue weighted by Crippen LogP contribution is -1.76. The first-order chi connectivity index (χ1) is 9.88. The molecule has 20 heavy (non-hydrogen) atoms. The van der Waals surface area contributed by atoms with Crippen molar-refractivity contribution in [2.24, 2.45) is 0 Å². The molecule has 0 nitrogen and oxygen atoms in total. The average Bonchev–Trinajstić information content (AvgIpc) is 2.60. The Balaban J connectivity index is 0. The highest BCUT2D eigenvalue weighted by atomic mass is 13.9. The van der Waals surface area contributed by atoms with Crippen LogP contribution in [-0.2, 0) is 0 Å². The van der Waals surface area contributed by atoms with Gasteiger partial charge in [-0.3, -0.25) is 0 Å². The largest absolute Gasteiger partial charge is 0.0984 e. The summed E-state index contributed by atoms with van der Waals surface area (Å²) in [6, 6.07) is 20.0. The molecule has 0 amide bonds. The van der Waals surface area contributed by atoms with E-state index in [2.05, 4.69) is 13.2 Å². The summed E-state index contributed by atoms with van der Waals surface area (Å²) >= 11 is 0. The lowest BCUT2D eigenvalue weighted by atomic mass is 10.1. The zero-order chi connectivity index (χ0) is 15.6. The molecular formula is C20H28. The summed E-state index contributed by atoms with van der Waals surface area (Å²) in [6.45, 7) is 15.4. The number of benzene rings is 2. The van der Waals surface area contributed by atoms with Crippen LogP contribution >= 0.6 is 0 Å². The minimum absolute atomic E-state index is 1.14. The molecule has 0 spiro atoms. The second kappa shape index (κ2) is 16.9. The third-order valence-electron chi connectivity index (χ3n) is 2.10. The molecule has 0 heterocycles. The van der Waals surface area contributed by atoms with Crippen molar-refractivity contribution < 1.29 is 0 Å². The topological polar surface area (TPSA) is 0 Å². The molecule has 2 aromatic rings. The fraction of sp³-hybridized carbons (Fsp3) is 0.200. The molecule has 0 aliphatic rings. The van der Waals surface area contributed by atoms with Crippen LogP contribution < -0.4 is 0 Å². The van der Waals surface area contributed by atoms with Crippen LogP contribution in [0.15, 0.2) is 73.8 Å². The van der Waals surface area contributed by atoms with Crippen LogP contribution in [0.2, 0.25) is 0 Å². The van der Waals surface area contributed by atoms with Crippen molar-refractivity contribution in [3.8, 4) is 0 Å². The zero-order valence-corrected chi connectivity index (χ0v) is 13.3. The van der Waals surface area contributed by atoms with E-state index in [9.17, 15) is 0 Å². The summed E-state index contributed by atoms with van der Waals surface area (Å²) in [7, 11) is 0. The summed E-state index contributed by atoms with van der Waals surface area (Å²) in [4.78, 5) is 0. The zero-order valence-electron chi connectivity index (χ0n) is 13.3. The average molecular weight is 268 g/mol. The van der Waals surface area contributed by atoms with E-state index >= 15 is 0 Å². The Bertz CT molecular complexity index is 373. The monoisotopic (exact) mass is 268 g/mol. The summed E-state index contributed by atoms with van der Waals surface area (Å²) in [5, 5.41) is 0. The van der Waals surface area contributed by atoms with Crippen molar-refractivity contribution in [1.29, 1.82) is 0 Å². The van der Waals surface area contributed by atoms with E-state index in [1.165, 1.54) is 0 Å². The standard InChI is InChI=1S/C10H10.C6H6.2C2H6/c1-3-9-7-5-6-8-10(9)4-2;1-2-4-6-5-3-1;2*1-2/h3-8H,1-2H2;1-6H;2*1-2H3. The number of rotatable bonds is 2. The van der Waals surface area contributed by atoms with Crippen molar-refractivity contribution in [2.75, 3.05) is 0 Å². The molecule has 0 aliphatic carbocycles. The second-order valence-electron chi connectivity index (χ2n) is 3.19. The Labute approximate surface area is 125 Å². The predicted octanol–water partition coefficient (Wildman–Crippen LogP) is 6.71. The van der Waals surface area contributed by atoms with Crippen LogP contribution in [-0.4, -0.2) is 0 Å². The first-order valence-corrected chi connectivity index (χ1v) is 7.22. The molecule has 0 aliphatic heterocycles. The Hall–Kier alpha value is -2.08. The maximum Gasteiger partial charge on any atom is -0.0190 e. The molecule has 0 fully saturated rings. The molecule has 0 radical (unpaired) electrons. The minimum atomic E-state index is 1.14.